The normalized spacial score (nSPS) is 12.2. The number of benzene rings is 2. The Labute approximate surface area is 175 Å². The van der Waals surface area contributed by atoms with Gasteiger partial charge in [0.25, 0.3) is 0 Å². The van der Waals surface area contributed by atoms with Gasteiger partial charge in [-0.05, 0) is 29.8 Å². The van der Waals surface area contributed by atoms with Crippen LogP contribution in [0.4, 0.5) is 17.6 Å². The van der Waals surface area contributed by atoms with E-state index in [0.29, 0.717) is 22.6 Å². The van der Waals surface area contributed by atoms with Gasteiger partial charge in [-0.25, -0.2) is 9.37 Å². The second kappa shape index (κ2) is 7.43. The van der Waals surface area contributed by atoms with E-state index in [1.54, 1.807) is 6.07 Å². The lowest BCUT2D eigenvalue weighted by Crippen LogP contribution is -2.10. The number of nitrogens with zero attached hydrogens (tertiary/aromatic N) is 2. The van der Waals surface area contributed by atoms with Gasteiger partial charge in [-0.15, -0.1) is 12.4 Å². The zero-order valence-corrected chi connectivity index (χ0v) is 17.1. The van der Waals surface area contributed by atoms with Crippen molar-refractivity contribution in [2.75, 3.05) is 0 Å². The Kier molecular flexibility index (Phi) is 5.41. The summed E-state index contributed by atoms with van der Waals surface area (Å²) in [6.07, 6.45) is -4.67. The van der Waals surface area contributed by atoms with Crippen LogP contribution in [-0.2, 0) is 11.6 Å². The van der Waals surface area contributed by atoms with Gasteiger partial charge in [-0.1, -0.05) is 38.1 Å². The fraction of sp³-hybridized carbons (Fsp3) is 0.238. The number of nitrogens with one attached hydrogen (secondary N) is 1. The number of aromatic amines is 1. The lowest BCUT2D eigenvalue weighted by atomic mass is 9.92. The summed E-state index contributed by atoms with van der Waals surface area (Å²) in [6, 6.07) is 9.09. The second-order valence-electron chi connectivity index (χ2n) is 7.80. The van der Waals surface area contributed by atoms with Crippen molar-refractivity contribution in [3.05, 3.63) is 59.5 Å². The highest BCUT2D eigenvalue weighted by atomic mass is 35.5. The van der Waals surface area contributed by atoms with E-state index in [1.807, 2.05) is 20.8 Å². The summed E-state index contributed by atoms with van der Waals surface area (Å²) in [5.41, 5.74) is 0.0972. The van der Waals surface area contributed by atoms with Crippen LogP contribution in [0.1, 0.15) is 32.0 Å². The van der Waals surface area contributed by atoms with Crippen LogP contribution in [0, 0.1) is 5.82 Å². The summed E-state index contributed by atoms with van der Waals surface area (Å²) in [6.45, 7) is 5.98. The van der Waals surface area contributed by atoms with Crippen molar-refractivity contribution >= 4 is 23.4 Å². The van der Waals surface area contributed by atoms with E-state index >= 15 is 0 Å². The van der Waals surface area contributed by atoms with E-state index < -0.39 is 23.1 Å². The van der Waals surface area contributed by atoms with Crippen LogP contribution >= 0.6 is 12.4 Å². The summed E-state index contributed by atoms with van der Waals surface area (Å²) >= 11 is 0. The number of hydrogen-bond acceptors (Lipinski definition) is 3. The lowest BCUT2D eigenvalue weighted by Gasteiger charge is -2.13. The van der Waals surface area contributed by atoms with Gasteiger partial charge in [0.2, 0.25) is 5.76 Å². The van der Waals surface area contributed by atoms with Crippen molar-refractivity contribution in [3.63, 3.8) is 0 Å². The number of rotatable bonds is 2. The molecular weight excluding hydrogens is 422 g/mol. The molecule has 4 rings (SSSR count). The van der Waals surface area contributed by atoms with Crippen LogP contribution in [0.15, 0.2) is 47.0 Å². The number of alkyl halides is 3. The molecule has 158 valence electrons. The molecule has 2 heterocycles. The van der Waals surface area contributed by atoms with E-state index in [4.69, 9.17) is 4.52 Å². The minimum absolute atomic E-state index is 0. The Bertz CT molecular complexity index is 1210. The first-order valence-corrected chi connectivity index (χ1v) is 8.87. The van der Waals surface area contributed by atoms with Gasteiger partial charge in [0.1, 0.15) is 5.82 Å². The van der Waals surface area contributed by atoms with Gasteiger partial charge >= 0.3 is 6.18 Å². The Balaban J connectivity index is 0.00000256. The third-order valence-corrected chi connectivity index (χ3v) is 4.60. The van der Waals surface area contributed by atoms with Gasteiger partial charge in [0.15, 0.2) is 5.82 Å². The molecule has 4 nitrogen and oxygen atoms in total. The van der Waals surface area contributed by atoms with Crippen molar-refractivity contribution in [2.45, 2.75) is 32.4 Å². The number of hydrogen-bond donors (Lipinski definition) is 1. The van der Waals surface area contributed by atoms with Crippen LogP contribution in [-0.4, -0.2) is 15.1 Å². The summed E-state index contributed by atoms with van der Waals surface area (Å²) in [5, 5.41) is 4.04. The fourth-order valence-electron chi connectivity index (χ4n) is 3.08. The van der Waals surface area contributed by atoms with E-state index in [-0.39, 0.29) is 23.4 Å². The zero-order chi connectivity index (χ0) is 21.0. The second-order valence-corrected chi connectivity index (χ2v) is 7.80. The molecule has 2 aromatic heterocycles. The van der Waals surface area contributed by atoms with Crippen molar-refractivity contribution < 1.29 is 22.1 Å². The average molecular weight is 440 g/mol. The van der Waals surface area contributed by atoms with Crippen LogP contribution in [0.2, 0.25) is 0 Å². The highest BCUT2D eigenvalue weighted by molar-refractivity contribution is 5.85. The smallest absolute Gasteiger partial charge is 0.353 e. The largest absolute Gasteiger partial charge is 0.417 e. The van der Waals surface area contributed by atoms with E-state index in [9.17, 15) is 17.6 Å². The van der Waals surface area contributed by atoms with Gasteiger partial charge in [0, 0.05) is 17.0 Å². The van der Waals surface area contributed by atoms with Crippen LogP contribution in [0.5, 0.6) is 0 Å². The highest BCUT2D eigenvalue weighted by Crippen LogP contribution is 2.39. The molecule has 0 aliphatic rings. The minimum atomic E-state index is -4.67. The van der Waals surface area contributed by atoms with E-state index in [0.717, 1.165) is 23.9 Å². The minimum Gasteiger partial charge on any atom is -0.353 e. The topological polar surface area (TPSA) is 54.7 Å². The molecule has 0 radical (unpaired) electrons. The molecule has 0 saturated carbocycles. The maximum atomic E-state index is 14.3. The number of fused-ring (bicyclic) bond motifs is 1. The third-order valence-electron chi connectivity index (χ3n) is 4.60. The van der Waals surface area contributed by atoms with Gasteiger partial charge in [-0.3, -0.25) is 0 Å². The summed E-state index contributed by atoms with van der Waals surface area (Å²) in [4.78, 5) is 7.42. The van der Waals surface area contributed by atoms with Crippen molar-refractivity contribution in [1.29, 1.82) is 0 Å². The lowest BCUT2D eigenvalue weighted by molar-refractivity contribution is -0.137. The van der Waals surface area contributed by atoms with Gasteiger partial charge in [0.05, 0.1) is 22.3 Å². The fourth-order valence-corrected chi connectivity index (χ4v) is 3.08. The highest BCUT2D eigenvalue weighted by Gasteiger charge is 2.35. The Morgan fingerprint density at radius 2 is 1.73 bits per heavy atom. The molecule has 0 spiro atoms. The molecule has 1 N–H and O–H groups in total. The molecular formula is C21H18ClF4N3O. The van der Waals surface area contributed by atoms with Crippen molar-refractivity contribution in [2.24, 2.45) is 0 Å². The Morgan fingerprint density at radius 3 is 2.37 bits per heavy atom. The Morgan fingerprint density at radius 1 is 1.00 bits per heavy atom. The maximum Gasteiger partial charge on any atom is 0.417 e. The summed E-state index contributed by atoms with van der Waals surface area (Å²) < 4.78 is 59.7. The van der Waals surface area contributed by atoms with E-state index in [1.165, 1.54) is 18.2 Å². The van der Waals surface area contributed by atoms with E-state index in [2.05, 4.69) is 15.1 Å². The van der Waals surface area contributed by atoms with Gasteiger partial charge < -0.3 is 9.51 Å². The summed E-state index contributed by atoms with van der Waals surface area (Å²) in [7, 11) is 0. The first kappa shape index (κ1) is 21.8. The molecule has 0 atom stereocenters. The SMILES string of the molecule is CC(C)(C)c1cc(-c2nc3ccc(-c4c(F)cccc4C(F)(F)F)cc3[nH]2)on1.Cl. The maximum absolute atomic E-state index is 14.3. The molecule has 2 aromatic carbocycles. The molecule has 0 bridgehead atoms. The first-order valence-electron chi connectivity index (χ1n) is 8.87. The van der Waals surface area contributed by atoms with Crippen LogP contribution in [0.3, 0.4) is 0 Å². The Hall–Kier alpha value is -2.87. The first-order chi connectivity index (χ1) is 13.5. The molecule has 0 aliphatic heterocycles. The van der Waals surface area contributed by atoms with Crippen molar-refractivity contribution in [3.8, 4) is 22.7 Å². The predicted octanol–water partition coefficient (Wildman–Crippen LogP) is 6.76. The molecule has 0 aliphatic carbocycles. The molecule has 0 unspecified atom stereocenters. The van der Waals surface area contributed by atoms with Crippen LogP contribution < -0.4 is 0 Å². The number of H-pyrrole nitrogens is 1. The third kappa shape index (κ3) is 3.92. The summed E-state index contributed by atoms with van der Waals surface area (Å²) in [5.74, 6) is -0.136. The van der Waals surface area contributed by atoms with Crippen molar-refractivity contribution in [1.82, 2.24) is 15.1 Å². The standard InChI is InChI=1S/C21H17F4N3O.ClH/c1-20(2,3)17-10-16(29-28-17)19-26-14-8-7-11(9-15(14)27-19)18-12(21(23,24)25)5-4-6-13(18)22;/h4-10H,1-3H3,(H,26,27);1H. The molecule has 9 heteroatoms. The average Bonchev–Trinajstić information content (AvgIpc) is 3.26. The van der Waals surface area contributed by atoms with Crippen LogP contribution in [0.25, 0.3) is 33.7 Å². The predicted molar refractivity (Wildman–Crippen MR) is 108 cm³/mol. The monoisotopic (exact) mass is 439 g/mol. The quantitative estimate of drug-likeness (QED) is 0.351. The molecule has 30 heavy (non-hydrogen) atoms. The van der Waals surface area contributed by atoms with Gasteiger partial charge in [-0.2, -0.15) is 13.2 Å². The zero-order valence-electron chi connectivity index (χ0n) is 16.3. The molecule has 0 saturated heterocycles. The molecule has 4 aromatic rings. The number of aromatic nitrogens is 3. The number of imidazole rings is 1. The number of halogens is 5. The molecule has 0 amide bonds. The molecule has 0 fully saturated rings.